The largest absolute Gasteiger partial charge is 0.369 e. The zero-order chi connectivity index (χ0) is 13.9. The molecule has 3 rings (SSSR count). The molecule has 0 bridgehead atoms. The number of hydrogen-bond acceptors (Lipinski definition) is 3. The molecular weight excluding hydrogens is 250 g/mol. The van der Waals surface area contributed by atoms with E-state index < -0.39 is 0 Å². The van der Waals surface area contributed by atoms with Gasteiger partial charge in [0.25, 0.3) is 5.91 Å². The van der Waals surface area contributed by atoms with E-state index in [0.29, 0.717) is 0 Å². The first-order valence-electron chi connectivity index (χ1n) is 7.77. The van der Waals surface area contributed by atoms with Crippen LogP contribution < -0.4 is 5.32 Å². The van der Waals surface area contributed by atoms with E-state index in [-0.39, 0.29) is 5.91 Å². The Morgan fingerprint density at radius 1 is 1.40 bits per heavy atom. The SMILES string of the molecule is CCCNc1ncccc1C(=O)N1CC2CCCC2C1. The standard InChI is InChI=1S/C16H23N3O/c1-2-8-17-15-14(7-4-9-18-15)16(20)19-10-12-5-3-6-13(12)11-19/h4,7,9,12-13H,2-3,5-6,8,10-11H2,1H3,(H,17,18). The Morgan fingerprint density at radius 2 is 2.15 bits per heavy atom. The third-order valence-corrected chi connectivity index (χ3v) is 4.59. The van der Waals surface area contributed by atoms with Crippen LogP contribution in [0.2, 0.25) is 0 Å². The maximum Gasteiger partial charge on any atom is 0.257 e. The first kappa shape index (κ1) is 13.4. The van der Waals surface area contributed by atoms with E-state index in [1.807, 2.05) is 17.0 Å². The summed E-state index contributed by atoms with van der Waals surface area (Å²) in [6.45, 7) is 4.83. The number of likely N-dealkylation sites (tertiary alicyclic amines) is 1. The Balaban J connectivity index is 1.74. The van der Waals surface area contributed by atoms with Crippen LogP contribution >= 0.6 is 0 Å². The highest BCUT2D eigenvalue weighted by molar-refractivity contribution is 5.98. The van der Waals surface area contributed by atoms with Crippen LogP contribution in [0.25, 0.3) is 0 Å². The quantitative estimate of drug-likeness (QED) is 0.917. The lowest BCUT2D eigenvalue weighted by Crippen LogP contribution is -2.30. The van der Waals surface area contributed by atoms with Crippen molar-refractivity contribution in [1.29, 1.82) is 0 Å². The van der Waals surface area contributed by atoms with E-state index in [4.69, 9.17) is 0 Å². The summed E-state index contributed by atoms with van der Waals surface area (Å²) in [5.41, 5.74) is 0.723. The molecule has 1 amide bonds. The molecule has 1 aliphatic carbocycles. The molecule has 0 spiro atoms. The smallest absolute Gasteiger partial charge is 0.257 e. The Bertz CT molecular complexity index is 476. The van der Waals surface area contributed by atoms with Gasteiger partial charge in [0.15, 0.2) is 0 Å². The van der Waals surface area contributed by atoms with E-state index in [2.05, 4.69) is 17.2 Å². The Morgan fingerprint density at radius 3 is 2.85 bits per heavy atom. The summed E-state index contributed by atoms with van der Waals surface area (Å²) in [6.07, 6.45) is 6.70. The van der Waals surface area contributed by atoms with Gasteiger partial charge in [0, 0.05) is 25.8 Å². The Hall–Kier alpha value is -1.58. The van der Waals surface area contributed by atoms with Crippen molar-refractivity contribution < 1.29 is 4.79 Å². The zero-order valence-electron chi connectivity index (χ0n) is 12.1. The highest BCUT2D eigenvalue weighted by Crippen LogP contribution is 2.38. The number of nitrogens with one attached hydrogen (secondary N) is 1. The number of anilines is 1. The second-order valence-electron chi connectivity index (χ2n) is 5.99. The Labute approximate surface area is 120 Å². The monoisotopic (exact) mass is 273 g/mol. The lowest BCUT2D eigenvalue weighted by molar-refractivity contribution is 0.0781. The topological polar surface area (TPSA) is 45.2 Å². The van der Waals surface area contributed by atoms with Crippen LogP contribution in [0.5, 0.6) is 0 Å². The molecule has 0 aromatic carbocycles. The molecule has 1 aromatic rings. The van der Waals surface area contributed by atoms with Gasteiger partial charge in [0.1, 0.15) is 5.82 Å². The number of nitrogens with zero attached hydrogens (tertiary/aromatic N) is 2. The van der Waals surface area contributed by atoms with Gasteiger partial charge in [-0.3, -0.25) is 4.79 Å². The van der Waals surface area contributed by atoms with Crippen LogP contribution in [0.3, 0.4) is 0 Å². The normalized spacial score (nSPS) is 24.8. The van der Waals surface area contributed by atoms with Gasteiger partial charge >= 0.3 is 0 Å². The number of aromatic nitrogens is 1. The average molecular weight is 273 g/mol. The summed E-state index contributed by atoms with van der Waals surface area (Å²) < 4.78 is 0. The van der Waals surface area contributed by atoms with Crippen LogP contribution in [-0.2, 0) is 0 Å². The van der Waals surface area contributed by atoms with Gasteiger partial charge in [0.05, 0.1) is 5.56 Å². The number of pyridine rings is 1. The maximum absolute atomic E-state index is 12.7. The number of carbonyl (C=O) groups is 1. The maximum atomic E-state index is 12.7. The van der Waals surface area contributed by atoms with Gasteiger partial charge in [-0.1, -0.05) is 13.3 Å². The minimum atomic E-state index is 0.145. The van der Waals surface area contributed by atoms with E-state index in [0.717, 1.165) is 49.3 Å². The van der Waals surface area contributed by atoms with E-state index in [9.17, 15) is 4.79 Å². The third-order valence-electron chi connectivity index (χ3n) is 4.59. The molecule has 108 valence electrons. The van der Waals surface area contributed by atoms with Crippen LogP contribution in [0.15, 0.2) is 18.3 Å². The molecule has 2 fully saturated rings. The fraction of sp³-hybridized carbons (Fsp3) is 0.625. The van der Waals surface area contributed by atoms with Crippen LogP contribution in [0, 0.1) is 11.8 Å². The van der Waals surface area contributed by atoms with E-state index in [1.54, 1.807) is 6.20 Å². The lowest BCUT2D eigenvalue weighted by Gasteiger charge is -2.19. The fourth-order valence-corrected chi connectivity index (χ4v) is 3.53. The van der Waals surface area contributed by atoms with E-state index in [1.165, 1.54) is 19.3 Å². The van der Waals surface area contributed by atoms with Crippen LogP contribution in [0.1, 0.15) is 43.0 Å². The molecule has 1 saturated carbocycles. The van der Waals surface area contributed by atoms with Crippen molar-refractivity contribution in [2.45, 2.75) is 32.6 Å². The molecule has 4 nitrogen and oxygen atoms in total. The summed E-state index contributed by atoms with van der Waals surface area (Å²) in [5.74, 6) is 2.35. The van der Waals surface area contributed by atoms with Crippen molar-refractivity contribution in [1.82, 2.24) is 9.88 Å². The number of hydrogen-bond donors (Lipinski definition) is 1. The summed E-state index contributed by atoms with van der Waals surface area (Å²) in [6, 6.07) is 3.74. The van der Waals surface area contributed by atoms with Crippen molar-refractivity contribution >= 4 is 11.7 Å². The lowest BCUT2D eigenvalue weighted by atomic mass is 10.0. The van der Waals surface area contributed by atoms with Gasteiger partial charge in [-0.05, 0) is 43.2 Å². The molecule has 2 aliphatic rings. The van der Waals surface area contributed by atoms with Crippen molar-refractivity contribution in [3.05, 3.63) is 23.9 Å². The van der Waals surface area contributed by atoms with Crippen molar-refractivity contribution in [2.75, 3.05) is 25.0 Å². The van der Waals surface area contributed by atoms with Gasteiger partial charge in [0.2, 0.25) is 0 Å². The Kier molecular flexibility index (Phi) is 3.90. The first-order valence-corrected chi connectivity index (χ1v) is 7.77. The molecule has 2 heterocycles. The fourth-order valence-electron chi connectivity index (χ4n) is 3.53. The highest BCUT2D eigenvalue weighted by Gasteiger charge is 2.38. The average Bonchev–Trinajstić information content (AvgIpc) is 3.06. The van der Waals surface area contributed by atoms with Gasteiger partial charge in [-0.2, -0.15) is 0 Å². The second-order valence-corrected chi connectivity index (χ2v) is 5.99. The number of carbonyl (C=O) groups excluding carboxylic acids is 1. The molecule has 4 heteroatoms. The van der Waals surface area contributed by atoms with Crippen LogP contribution in [0.4, 0.5) is 5.82 Å². The molecule has 1 saturated heterocycles. The van der Waals surface area contributed by atoms with Gasteiger partial charge in [-0.15, -0.1) is 0 Å². The minimum Gasteiger partial charge on any atom is -0.369 e. The van der Waals surface area contributed by atoms with Crippen molar-refractivity contribution in [3.63, 3.8) is 0 Å². The molecule has 1 N–H and O–H groups in total. The molecular formula is C16H23N3O. The predicted octanol–water partition coefficient (Wildman–Crippen LogP) is 2.78. The molecule has 2 atom stereocenters. The van der Waals surface area contributed by atoms with E-state index >= 15 is 0 Å². The van der Waals surface area contributed by atoms with Gasteiger partial charge in [-0.25, -0.2) is 4.98 Å². The molecule has 20 heavy (non-hydrogen) atoms. The summed E-state index contributed by atoms with van der Waals surface area (Å²) in [7, 11) is 0. The molecule has 0 radical (unpaired) electrons. The van der Waals surface area contributed by atoms with Crippen molar-refractivity contribution in [3.8, 4) is 0 Å². The summed E-state index contributed by atoms with van der Waals surface area (Å²) in [4.78, 5) is 19.1. The number of fused-ring (bicyclic) bond motifs is 1. The number of rotatable bonds is 4. The van der Waals surface area contributed by atoms with Crippen LogP contribution in [-0.4, -0.2) is 35.4 Å². The molecule has 2 unspecified atom stereocenters. The highest BCUT2D eigenvalue weighted by atomic mass is 16.2. The summed E-state index contributed by atoms with van der Waals surface area (Å²) in [5, 5.41) is 3.26. The van der Waals surface area contributed by atoms with Gasteiger partial charge < -0.3 is 10.2 Å². The predicted molar refractivity (Wildman–Crippen MR) is 79.8 cm³/mol. The zero-order valence-corrected chi connectivity index (χ0v) is 12.1. The minimum absolute atomic E-state index is 0.145. The second kappa shape index (κ2) is 5.81. The molecule has 1 aliphatic heterocycles. The van der Waals surface area contributed by atoms with Crippen molar-refractivity contribution in [2.24, 2.45) is 11.8 Å². The third kappa shape index (κ3) is 2.51. The first-order chi connectivity index (χ1) is 9.79. The number of amides is 1. The summed E-state index contributed by atoms with van der Waals surface area (Å²) >= 11 is 0. The molecule has 1 aromatic heterocycles.